The summed E-state index contributed by atoms with van der Waals surface area (Å²) in [5, 5.41) is 13.1. The van der Waals surface area contributed by atoms with Crippen molar-refractivity contribution in [3.05, 3.63) is 51.7 Å². The fourth-order valence-corrected chi connectivity index (χ4v) is 3.27. The zero-order valence-electron chi connectivity index (χ0n) is 13.1. The maximum absolute atomic E-state index is 12.1. The lowest BCUT2D eigenvalue weighted by Gasteiger charge is -2.09. The summed E-state index contributed by atoms with van der Waals surface area (Å²) in [6.45, 7) is 5.66. The SMILES string of the molecule is Cc1ccc(NC(=O)CSc2nc(C)cc(C)c2C#N)c(Cl)c1. The molecule has 2 rings (SSSR count). The van der Waals surface area contributed by atoms with E-state index in [1.54, 1.807) is 12.1 Å². The van der Waals surface area contributed by atoms with Crippen LogP contribution in [0.3, 0.4) is 0 Å². The van der Waals surface area contributed by atoms with Gasteiger partial charge in [-0.2, -0.15) is 5.26 Å². The van der Waals surface area contributed by atoms with Crippen molar-refractivity contribution < 1.29 is 4.79 Å². The number of thioether (sulfide) groups is 1. The predicted octanol–water partition coefficient (Wildman–Crippen LogP) is 4.26. The molecule has 0 saturated carbocycles. The molecule has 6 heteroatoms. The van der Waals surface area contributed by atoms with Crippen LogP contribution in [0.5, 0.6) is 0 Å². The molecular weight excluding hydrogens is 330 g/mol. The molecule has 1 heterocycles. The third kappa shape index (κ3) is 4.47. The number of rotatable bonds is 4. The number of nitrogens with one attached hydrogen (secondary N) is 1. The number of nitriles is 1. The average molecular weight is 346 g/mol. The van der Waals surface area contributed by atoms with Crippen molar-refractivity contribution in [3.8, 4) is 6.07 Å². The number of nitrogens with zero attached hydrogens (tertiary/aromatic N) is 2. The van der Waals surface area contributed by atoms with E-state index in [1.807, 2.05) is 32.9 Å². The molecule has 1 aromatic heterocycles. The van der Waals surface area contributed by atoms with Crippen LogP contribution in [0.2, 0.25) is 5.02 Å². The molecule has 0 aliphatic rings. The molecule has 1 amide bonds. The van der Waals surface area contributed by atoms with Crippen LogP contribution in [0.4, 0.5) is 5.69 Å². The van der Waals surface area contributed by atoms with Gasteiger partial charge < -0.3 is 5.32 Å². The minimum atomic E-state index is -0.189. The third-order valence-corrected chi connectivity index (χ3v) is 4.45. The molecule has 1 aromatic carbocycles. The number of carbonyl (C=O) groups excluding carboxylic acids is 1. The van der Waals surface area contributed by atoms with Crippen molar-refractivity contribution in [2.45, 2.75) is 25.8 Å². The van der Waals surface area contributed by atoms with Crippen molar-refractivity contribution >= 4 is 35.0 Å². The Labute approximate surface area is 144 Å². The molecule has 0 saturated heterocycles. The van der Waals surface area contributed by atoms with Gasteiger partial charge in [-0.3, -0.25) is 4.79 Å². The lowest BCUT2D eigenvalue weighted by Crippen LogP contribution is -2.14. The number of hydrogen-bond acceptors (Lipinski definition) is 4. The number of carbonyl (C=O) groups is 1. The van der Waals surface area contributed by atoms with E-state index in [1.165, 1.54) is 11.8 Å². The fraction of sp³-hybridized carbons (Fsp3) is 0.235. The molecule has 0 bridgehead atoms. The van der Waals surface area contributed by atoms with E-state index in [9.17, 15) is 10.1 Å². The summed E-state index contributed by atoms with van der Waals surface area (Å²) in [5.74, 6) is -0.0278. The third-order valence-electron chi connectivity index (χ3n) is 3.16. The highest BCUT2D eigenvalue weighted by atomic mass is 35.5. The van der Waals surface area contributed by atoms with E-state index in [0.717, 1.165) is 16.8 Å². The molecule has 0 aliphatic carbocycles. The number of hydrogen-bond donors (Lipinski definition) is 1. The highest BCUT2D eigenvalue weighted by Crippen LogP contribution is 2.25. The average Bonchev–Trinajstić information content (AvgIpc) is 2.47. The molecule has 0 fully saturated rings. The molecule has 4 nitrogen and oxygen atoms in total. The van der Waals surface area contributed by atoms with E-state index >= 15 is 0 Å². The summed E-state index contributed by atoms with van der Waals surface area (Å²) in [7, 11) is 0. The van der Waals surface area contributed by atoms with Crippen LogP contribution in [0.25, 0.3) is 0 Å². The number of anilines is 1. The van der Waals surface area contributed by atoms with Crippen LogP contribution < -0.4 is 5.32 Å². The summed E-state index contributed by atoms with van der Waals surface area (Å²) in [6, 6.07) is 9.45. The maximum Gasteiger partial charge on any atom is 0.234 e. The van der Waals surface area contributed by atoms with Gasteiger partial charge in [-0.1, -0.05) is 29.4 Å². The molecule has 1 N–H and O–H groups in total. The highest BCUT2D eigenvalue weighted by molar-refractivity contribution is 8.00. The van der Waals surface area contributed by atoms with Crippen molar-refractivity contribution in [2.75, 3.05) is 11.1 Å². The second kappa shape index (κ2) is 7.49. The molecule has 118 valence electrons. The Kier molecular flexibility index (Phi) is 5.64. The smallest absolute Gasteiger partial charge is 0.234 e. The topological polar surface area (TPSA) is 65.8 Å². The fourth-order valence-electron chi connectivity index (χ4n) is 2.08. The van der Waals surface area contributed by atoms with Gasteiger partial charge in [0.15, 0.2) is 0 Å². The summed E-state index contributed by atoms with van der Waals surface area (Å²) < 4.78 is 0. The van der Waals surface area contributed by atoms with Crippen LogP contribution in [-0.2, 0) is 4.79 Å². The van der Waals surface area contributed by atoms with Gasteiger partial charge in [0.1, 0.15) is 11.1 Å². The zero-order valence-corrected chi connectivity index (χ0v) is 14.7. The first-order valence-corrected chi connectivity index (χ1v) is 8.34. The Morgan fingerprint density at radius 1 is 1.35 bits per heavy atom. The summed E-state index contributed by atoms with van der Waals surface area (Å²) in [5.41, 5.74) is 3.81. The van der Waals surface area contributed by atoms with Crippen LogP contribution >= 0.6 is 23.4 Å². The van der Waals surface area contributed by atoms with Crippen LogP contribution in [0.15, 0.2) is 29.3 Å². The minimum Gasteiger partial charge on any atom is -0.324 e. The second-order valence-corrected chi connectivity index (χ2v) is 6.56. The van der Waals surface area contributed by atoms with Gasteiger partial charge in [0, 0.05) is 5.69 Å². The van der Waals surface area contributed by atoms with E-state index in [4.69, 9.17) is 11.6 Å². The lowest BCUT2D eigenvalue weighted by atomic mass is 10.1. The molecule has 0 aliphatic heterocycles. The molecule has 0 atom stereocenters. The Balaban J connectivity index is 2.07. The number of benzene rings is 1. The predicted molar refractivity (Wildman–Crippen MR) is 94.0 cm³/mol. The van der Waals surface area contributed by atoms with E-state index in [-0.39, 0.29) is 11.7 Å². The first kappa shape index (κ1) is 17.3. The van der Waals surface area contributed by atoms with Gasteiger partial charge in [-0.25, -0.2) is 4.98 Å². The van der Waals surface area contributed by atoms with Crippen molar-refractivity contribution in [3.63, 3.8) is 0 Å². The van der Waals surface area contributed by atoms with Gasteiger partial charge in [-0.15, -0.1) is 0 Å². The van der Waals surface area contributed by atoms with Gasteiger partial charge in [0.25, 0.3) is 0 Å². The summed E-state index contributed by atoms with van der Waals surface area (Å²) >= 11 is 7.35. The molecule has 0 spiro atoms. The standard InChI is InChI=1S/C17H16ClN3OS/c1-10-4-5-15(14(18)6-10)21-16(22)9-23-17-13(8-19)11(2)7-12(3)20-17/h4-7H,9H2,1-3H3,(H,21,22). The van der Waals surface area contributed by atoms with E-state index < -0.39 is 0 Å². The van der Waals surface area contributed by atoms with Crippen LogP contribution in [0, 0.1) is 32.1 Å². The minimum absolute atomic E-state index is 0.161. The van der Waals surface area contributed by atoms with E-state index in [2.05, 4.69) is 16.4 Å². The van der Waals surface area contributed by atoms with Gasteiger partial charge in [-0.05, 0) is 50.1 Å². The number of halogens is 1. The first-order valence-electron chi connectivity index (χ1n) is 6.98. The Morgan fingerprint density at radius 3 is 2.74 bits per heavy atom. The Morgan fingerprint density at radius 2 is 2.09 bits per heavy atom. The number of pyridine rings is 1. The normalized spacial score (nSPS) is 10.2. The Hall–Kier alpha value is -2.03. The highest BCUT2D eigenvalue weighted by Gasteiger charge is 2.12. The van der Waals surface area contributed by atoms with Crippen molar-refractivity contribution in [2.24, 2.45) is 0 Å². The van der Waals surface area contributed by atoms with Crippen LogP contribution in [-0.4, -0.2) is 16.6 Å². The maximum atomic E-state index is 12.1. The molecule has 0 unspecified atom stereocenters. The quantitative estimate of drug-likeness (QED) is 0.841. The number of amides is 1. The largest absolute Gasteiger partial charge is 0.324 e. The van der Waals surface area contributed by atoms with Gasteiger partial charge in [0.2, 0.25) is 5.91 Å². The lowest BCUT2D eigenvalue weighted by molar-refractivity contribution is -0.113. The zero-order chi connectivity index (χ0) is 17.0. The molecular formula is C17H16ClN3OS. The molecule has 0 radical (unpaired) electrons. The molecule has 23 heavy (non-hydrogen) atoms. The van der Waals surface area contributed by atoms with E-state index in [0.29, 0.717) is 21.3 Å². The second-order valence-electron chi connectivity index (χ2n) is 5.19. The summed E-state index contributed by atoms with van der Waals surface area (Å²) in [6.07, 6.45) is 0. The Bertz CT molecular complexity index is 799. The van der Waals surface area contributed by atoms with Crippen molar-refractivity contribution in [1.82, 2.24) is 4.98 Å². The number of aromatic nitrogens is 1. The monoisotopic (exact) mass is 345 g/mol. The van der Waals surface area contributed by atoms with Gasteiger partial charge in [0.05, 0.1) is 22.0 Å². The van der Waals surface area contributed by atoms with Crippen LogP contribution in [0.1, 0.15) is 22.4 Å². The summed E-state index contributed by atoms with van der Waals surface area (Å²) in [4.78, 5) is 16.4. The van der Waals surface area contributed by atoms with Crippen molar-refractivity contribution in [1.29, 1.82) is 5.26 Å². The van der Waals surface area contributed by atoms with Gasteiger partial charge >= 0.3 is 0 Å². The first-order chi connectivity index (χ1) is 10.9. The number of aryl methyl sites for hydroxylation is 3. The molecule has 2 aromatic rings.